The van der Waals surface area contributed by atoms with Crippen LogP contribution in [0.4, 0.5) is 0 Å². The highest BCUT2D eigenvalue weighted by molar-refractivity contribution is 7.16. The van der Waals surface area contributed by atoms with E-state index in [1.807, 2.05) is 81.4 Å². The Labute approximate surface area is 214 Å². The second-order valence-electron chi connectivity index (χ2n) is 8.85. The molecular formula is C30H27N3O2S. The first-order valence-corrected chi connectivity index (χ1v) is 12.7. The van der Waals surface area contributed by atoms with Gasteiger partial charge in [-0.25, -0.2) is 4.98 Å². The van der Waals surface area contributed by atoms with Gasteiger partial charge in [0.15, 0.2) is 0 Å². The molecule has 1 N–H and O–H groups in total. The molecule has 5 rings (SSSR count). The lowest BCUT2D eigenvalue weighted by atomic mass is 10.1. The van der Waals surface area contributed by atoms with Gasteiger partial charge in [-0.05, 0) is 62.6 Å². The number of hydrogen-bond acceptors (Lipinski definition) is 5. The Kier molecular flexibility index (Phi) is 6.53. The summed E-state index contributed by atoms with van der Waals surface area (Å²) in [5.74, 6) is 0.631. The highest BCUT2D eigenvalue weighted by atomic mass is 32.1. The third kappa shape index (κ3) is 4.48. The first kappa shape index (κ1) is 23.7. The van der Waals surface area contributed by atoms with Gasteiger partial charge in [-0.3, -0.25) is 14.3 Å². The van der Waals surface area contributed by atoms with Crippen LogP contribution in [0.15, 0.2) is 83.8 Å². The van der Waals surface area contributed by atoms with Crippen molar-refractivity contribution < 1.29 is 5.11 Å². The van der Waals surface area contributed by atoms with Crippen LogP contribution >= 0.6 is 11.3 Å². The number of benzene rings is 2. The largest absolute Gasteiger partial charge is 0.507 e. The summed E-state index contributed by atoms with van der Waals surface area (Å²) >= 11 is 1.58. The number of aromatic nitrogens is 3. The molecule has 0 amide bonds. The first-order chi connectivity index (χ1) is 17.4. The fourth-order valence-corrected chi connectivity index (χ4v) is 5.58. The van der Waals surface area contributed by atoms with Crippen molar-refractivity contribution in [1.29, 1.82) is 0 Å². The molecule has 36 heavy (non-hydrogen) atoms. The molecule has 0 radical (unpaired) electrons. The topological polar surface area (TPSA) is 68.0 Å². The van der Waals surface area contributed by atoms with Crippen LogP contribution in [0.3, 0.4) is 0 Å². The summed E-state index contributed by atoms with van der Waals surface area (Å²) in [6, 6.07) is 23.5. The minimum atomic E-state index is -0.108. The fourth-order valence-electron chi connectivity index (χ4n) is 4.46. The molecule has 0 aliphatic heterocycles. The SMILES string of the molecule is Cc1cccc(-c2nc(C)c(-c3cc(-c4ccccn4)c(C)s3)c(=O)n2CCc2ccccc2)c1O. The Morgan fingerprint density at radius 3 is 2.44 bits per heavy atom. The van der Waals surface area contributed by atoms with Gasteiger partial charge in [-0.1, -0.05) is 48.5 Å². The molecule has 180 valence electrons. The second kappa shape index (κ2) is 9.91. The smallest absolute Gasteiger partial charge is 0.262 e. The number of para-hydroxylation sites is 1. The monoisotopic (exact) mass is 493 g/mol. The lowest BCUT2D eigenvalue weighted by Gasteiger charge is -2.17. The van der Waals surface area contributed by atoms with E-state index in [9.17, 15) is 9.90 Å². The minimum Gasteiger partial charge on any atom is -0.507 e. The van der Waals surface area contributed by atoms with Gasteiger partial charge < -0.3 is 5.11 Å². The number of phenols is 1. The van der Waals surface area contributed by atoms with Crippen LogP contribution < -0.4 is 5.56 Å². The van der Waals surface area contributed by atoms with Crippen molar-refractivity contribution in [3.8, 4) is 38.8 Å². The molecule has 0 bridgehead atoms. The first-order valence-electron chi connectivity index (χ1n) is 11.9. The van der Waals surface area contributed by atoms with E-state index >= 15 is 0 Å². The van der Waals surface area contributed by atoms with Gasteiger partial charge in [0.2, 0.25) is 0 Å². The number of aromatic hydroxyl groups is 1. The second-order valence-corrected chi connectivity index (χ2v) is 10.1. The molecule has 0 unspecified atom stereocenters. The van der Waals surface area contributed by atoms with Crippen molar-refractivity contribution >= 4 is 11.3 Å². The Morgan fingerprint density at radius 1 is 0.917 bits per heavy atom. The van der Waals surface area contributed by atoms with Crippen LogP contribution in [0, 0.1) is 20.8 Å². The zero-order valence-electron chi connectivity index (χ0n) is 20.5. The summed E-state index contributed by atoms with van der Waals surface area (Å²) in [7, 11) is 0. The Morgan fingerprint density at radius 2 is 1.69 bits per heavy atom. The summed E-state index contributed by atoms with van der Waals surface area (Å²) in [5.41, 5.74) is 5.46. The average molecular weight is 494 g/mol. The summed E-state index contributed by atoms with van der Waals surface area (Å²) in [6.45, 7) is 6.21. The van der Waals surface area contributed by atoms with E-state index in [-0.39, 0.29) is 11.3 Å². The molecule has 3 aromatic heterocycles. The molecular weight excluding hydrogens is 466 g/mol. The molecule has 0 atom stereocenters. The molecule has 0 saturated carbocycles. The molecule has 0 fully saturated rings. The van der Waals surface area contributed by atoms with Gasteiger partial charge in [0.1, 0.15) is 11.6 Å². The number of nitrogens with zero attached hydrogens (tertiary/aromatic N) is 3. The number of phenolic OH excluding ortho intramolecular Hbond substituents is 1. The van der Waals surface area contributed by atoms with E-state index in [1.165, 1.54) is 0 Å². The minimum absolute atomic E-state index is 0.108. The Bertz CT molecular complexity index is 1590. The van der Waals surface area contributed by atoms with E-state index in [1.54, 1.807) is 22.1 Å². The zero-order chi connectivity index (χ0) is 25.2. The van der Waals surface area contributed by atoms with Crippen molar-refractivity contribution in [2.75, 3.05) is 0 Å². The van der Waals surface area contributed by atoms with Crippen LogP contribution in [0.1, 0.15) is 21.7 Å². The molecule has 0 aliphatic rings. The molecule has 0 spiro atoms. The van der Waals surface area contributed by atoms with Crippen LogP contribution in [0.25, 0.3) is 33.1 Å². The van der Waals surface area contributed by atoms with E-state index in [0.717, 1.165) is 32.1 Å². The number of pyridine rings is 1. The van der Waals surface area contributed by atoms with Crippen molar-refractivity contribution in [1.82, 2.24) is 14.5 Å². The highest BCUT2D eigenvalue weighted by Crippen LogP contribution is 2.37. The van der Waals surface area contributed by atoms with Gasteiger partial charge in [-0.2, -0.15) is 0 Å². The van der Waals surface area contributed by atoms with E-state index in [0.29, 0.717) is 35.6 Å². The molecule has 0 saturated heterocycles. The molecule has 6 heteroatoms. The summed E-state index contributed by atoms with van der Waals surface area (Å²) < 4.78 is 1.71. The standard InChI is InChI=1S/C30H27N3O2S/c1-19-10-9-13-23(28(19)34)29-32-20(2)27(30(35)33(29)17-15-22-11-5-4-6-12-22)26-18-24(21(3)36-26)25-14-7-8-16-31-25/h4-14,16,18,34H,15,17H2,1-3H3. The third-order valence-electron chi connectivity index (χ3n) is 6.40. The maximum absolute atomic E-state index is 14.1. The van der Waals surface area contributed by atoms with Crippen molar-refractivity contribution in [3.05, 3.63) is 111 Å². The molecule has 2 aromatic carbocycles. The van der Waals surface area contributed by atoms with E-state index in [4.69, 9.17) is 4.98 Å². The van der Waals surface area contributed by atoms with Gasteiger partial charge in [0, 0.05) is 28.1 Å². The number of rotatable bonds is 6. The summed E-state index contributed by atoms with van der Waals surface area (Å²) in [5, 5.41) is 10.8. The van der Waals surface area contributed by atoms with E-state index in [2.05, 4.69) is 17.1 Å². The van der Waals surface area contributed by atoms with Crippen LogP contribution in [-0.4, -0.2) is 19.6 Å². The maximum Gasteiger partial charge on any atom is 0.262 e. The van der Waals surface area contributed by atoms with Crippen LogP contribution in [0.2, 0.25) is 0 Å². The number of aryl methyl sites for hydroxylation is 4. The molecule has 3 heterocycles. The predicted molar refractivity (Wildman–Crippen MR) is 146 cm³/mol. The van der Waals surface area contributed by atoms with Gasteiger partial charge in [0.05, 0.1) is 22.5 Å². The molecule has 0 aliphatic carbocycles. The highest BCUT2D eigenvalue weighted by Gasteiger charge is 2.22. The van der Waals surface area contributed by atoms with Gasteiger partial charge in [0.25, 0.3) is 5.56 Å². The fraction of sp³-hybridized carbons (Fsp3) is 0.167. The third-order valence-corrected chi connectivity index (χ3v) is 7.47. The summed E-state index contributed by atoms with van der Waals surface area (Å²) in [6.07, 6.45) is 2.45. The van der Waals surface area contributed by atoms with Crippen LogP contribution in [-0.2, 0) is 13.0 Å². The molecule has 5 nitrogen and oxygen atoms in total. The van der Waals surface area contributed by atoms with Gasteiger partial charge >= 0.3 is 0 Å². The Balaban J connectivity index is 1.67. The Hall–Kier alpha value is -4.03. The average Bonchev–Trinajstić information content (AvgIpc) is 3.27. The lowest BCUT2D eigenvalue weighted by Crippen LogP contribution is -2.27. The number of thiophene rings is 1. The van der Waals surface area contributed by atoms with Crippen molar-refractivity contribution in [2.24, 2.45) is 0 Å². The van der Waals surface area contributed by atoms with Crippen LogP contribution in [0.5, 0.6) is 5.75 Å². The van der Waals surface area contributed by atoms with Gasteiger partial charge in [-0.15, -0.1) is 11.3 Å². The maximum atomic E-state index is 14.1. The van der Waals surface area contributed by atoms with Crippen molar-refractivity contribution in [3.63, 3.8) is 0 Å². The molecule has 5 aromatic rings. The normalized spacial score (nSPS) is 11.1. The van der Waals surface area contributed by atoms with E-state index < -0.39 is 0 Å². The predicted octanol–water partition coefficient (Wildman–Crippen LogP) is 6.57. The summed E-state index contributed by atoms with van der Waals surface area (Å²) in [4.78, 5) is 25.5. The zero-order valence-corrected chi connectivity index (χ0v) is 21.3. The van der Waals surface area contributed by atoms with Crippen molar-refractivity contribution in [2.45, 2.75) is 33.7 Å². The number of hydrogen-bond donors (Lipinski definition) is 1. The lowest BCUT2D eigenvalue weighted by molar-refractivity contribution is 0.472. The quantitative estimate of drug-likeness (QED) is 0.290.